The Balaban J connectivity index is 2.11. The highest BCUT2D eigenvalue weighted by atomic mass is 35.5. The molecule has 6 heteroatoms. The van der Waals surface area contributed by atoms with Gasteiger partial charge in [0.2, 0.25) is 0 Å². The molecule has 21 heavy (non-hydrogen) atoms. The molecule has 0 radical (unpaired) electrons. The Labute approximate surface area is 128 Å². The van der Waals surface area contributed by atoms with Crippen molar-refractivity contribution < 1.29 is 13.2 Å². The van der Waals surface area contributed by atoms with Crippen molar-refractivity contribution in [3.8, 4) is 0 Å². The summed E-state index contributed by atoms with van der Waals surface area (Å²) in [6, 6.07) is 5.45. The van der Waals surface area contributed by atoms with Crippen LogP contribution >= 0.6 is 11.6 Å². The number of halogens is 4. The van der Waals surface area contributed by atoms with Crippen LogP contribution < -0.4 is 10.2 Å². The summed E-state index contributed by atoms with van der Waals surface area (Å²) in [6.07, 6.45) is -1.87. The molecule has 0 aromatic heterocycles. The molecule has 0 spiro atoms. The van der Waals surface area contributed by atoms with Gasteiger partial charge in [-0.15, -0.1) is 0 Å². The number of anilines is 1. The Morgan fingerprint density at radius 2 is 2.00 bits per heavy atom. The molecule has 2 nitrogen and oxygen atoms in total. The van der Waals surface area contributed by atoms with Crippen molar-refractivity contribution in [3.05, 3.63) is 28.8 Å². The lowest BCUT2D eigenvalue weighted by atomic mass is 10.1. The van der Waals surface area contributed by atoms with Gasteiger partial charge >= 0.3 is 6.18 Å². The van der Waals surface area contributed by atoms with Crippen LogP contribution in [0, 0.1) is 0 Å². The number of hydrogen-bond acceptors (Lipinski definition) is 2. The second kappa shape index (κ2) is 6.44. The van der Waals surface area contributed by atoms with Gasteiger partial charge in [-0.2, -0.15) is 13.2 Å². The highest BCUT2D eigenvalue weighted by molar-refractivity contribution is 6.31. The topological polar surface area (TPSA) is 15.3 Å². The molecule has 1 fully saturated rings. The maximum Gasteiger partial charge on any atom is 0.405 e. The first-order valence-electron chi connectivity index (χ1n) is 7.11. The first-order chi connectivity index (χ1) is 9.76. The molecule has 0 saturated heterocycles. The minimum atomic E-state index is -4.23. The summed E-state index contributed by atoms with van der Waals surface area (Å²) >= 11 is 6.21. The van der Waals surface area contributed by atoms with Crippen molar-refractivity contribution in [2.24, 2.45) is 0 Å². The van der Waals surface area contributed by atoms with E-state index in [1.54, 1.807) is 32.0 Å². The van der Waals surface area contributed by atoms with Gasteiger partial charge in [0.15, 0.2) is 0 Å². The normalized spacial score (nSPS) is 15.6. The Hall–Kier alpha value is -0.940. The molecule has 0 unspecified atom stereocenters. The summed E-state index contributed by atoms with van der Waals surface area (Å²) in [5, 5.41) is 3.85. The summed E-state index contributed by atoms with van der Waals surface area (Å²) in [6.45, 7) is 3.16. The lowest BCUT2D eigenvalue weighted by Crippen LogP contribution is -2.39. The average Bonchev–Trinajstić information content (AvgIpc) is 3.17. The first kappa shape index (κ1) is 16.4. The molecule has 1 saturated carbocycles. The third kappa shape index (κ3) is 5.08. The van der Waals surface area contributed by atoms with E-state index in [0.29, 0.717) is 23.3 Å². The van der Waals surface area contributed by atoms with Gasteiger partial charge in [0, 0.05) is 29.3 Å². The molecular formula is C15H20ClF3N2. The molecule has 0 bridgehead atoms. The van der Waals surface area contributed by atoms with E-state index in [0.717, 1.165) is 5.56 Å². The van der Waals surface area contributed by atoms with E-state index in [4.69, 9.17) is 11.6 Å². The zero-order chi connectivity index (χ0) is 15.6. The van der Waals surface area contributed by atoms with Crippen LogP contribution in [0.25, 0.3) is 0 Å². The van der Waals surface area contributed by atoms with Gasteiger partial charge in [-0.25, -0.2) is 0 Å². The summed E-state index contributed by atoms with van der Waals surface area (Å²) in [5.74, 6) is 0. The van der Waals surface area contributed by atoms with Crippen LogP contribution in [0.4, 0.5) is 18.9 Å². The fraction of sp³-hybridized carbons (Fsp3) is 0.600. The van der Waals surface area contributed by atoms with Crippen LogP contribution in [0.1, 0.15) is 32.3 Å². The van der Waals surface area contributed by atoms with Crippen molar-refractivity contribution >= 4 is 17.3 Å². The zero-order valence-electron chi connectivity index (χ0n) is 12.2. The third-order valence-electron chi connectivity index (χ3n) is 3.50. The summed E-state index contributed by atoms with van der Waals surface area (Å²) < 4.78 is 38.0. The number of benzene rings is 1. The van der Waals surface area contributed by atoms with Gasteiger partial charge in [0.1, 0.15) is 6.54 Å². The van der Waals surface area contributed by atoms with Gasteiger partial charge in [-0.05, 0) is 44.4 Å². The quantitative estimate of drug-likeness (QED) is 0.837. The van der Waals surface area contributed by atoms with Crippen molar-refractivity contribution in [2.45, 2.75) is 51.5 Å². The van der Waals surface area contributed by atoms with E-state index >= 15 is 0 Å². The van der Waals surface area contributed by atoms with Crippen LogP contribution in [-0.4, -0.2) is 24.8 Å². The first-order valence-corrected chi connectivity index (χ1v) is 7.49. The van der Waals surface area contributed by atoms with E-state index in [-0.39, 0.29) is 6.04 Å². The molecule has 0 aliphatic heterocycles. The molecule has 1 aliphatic carbocycles. The Kier molecular flexibility index (Phi) is 5.04. The number of nitrogens with zero attached hydrogens (tertiary/aromatic N) is 1. The van der Waals surface area contributed by atoms with E-state index in [1.165, 1.54) is 17.7 Å². The predicted molar refractivity (Wildman–Crippen MR) is 79.9 cm³/mol. The number of rotatable bonds is 6. The molecule has 1 aromatic carbocycles. The summed E-state index contributed by atoms with van der Waals surface area (Å²) in [4.78, 5) is 1.31. The molecule has 0 amide bonds. The van der Waals surface area contributed by atoms with E-state index in [9.17, 15) is 13.2 Å². The maximum absolute atomic E-state index is 12.7. The summed E-state index contributed by atoms with van der Waals surface area (Å²) in [5.41, 5.74) is 1.42. The molecule has 118 valence electrons. The smallest absolute Gasteiger partial charge is 0.360 e. The average molecular weight is 321 g/mol. The van der Waals surface area contributed by atoms with Crippen molar-refractivity contribution in [3.63, 3.8) is 0 Å². The molecule has 0 heterocycles. The second-order valence-electron chi connectivity index (χ2n) is 5.77. The SMILES string of the molecule is CC(C)N(CC(F)(F)F)c1ccc(CNC2CC2)c(Cl)c1. The second-order valence-corrected chi connectivity index (χ2v) is 6.17. The minimum Gasteiger partial charge on any atom is -0.360 e. The fourth-order valence-corrected chi connectivity index (χ4v) is 2.41. The maximum atomic E-state index is 12.7. The molecule has 2 rings (SSSR count). The van der Waals surface area contributed by atoms with Gasteiger partial charge in [0.05, 0.1) is 0 Å². The lowest BCUT2D eigenvalue weighted by molar-refractivity contribution is -0.120. The Morgan fingerprint density at radius 3 is 2.48 bits per heavy atom. The van der Waals surface area contributed by atoms with Gasteiger partial charge < -0.3 is 10.2 Å². The minimum absolute atomic E-state index is 0.252. The molecular weight excluding hydrogens is 301 g/mol. The number of hydrogen-bond donors (Lipinski definition) is 1. The van der Waals surface area contributed by atoms with Crippen LogP contribution in [0.2, 0.25) is 5.02 Å². The lowest BCUT2D eigenvalue weighted by Gasteiger charge is -2.30. The summed E-state index contributed by atoms with van der Waals surface area (Å²) in [7, 11) is 0. The standard InChI is InChI=1S/C15H20ClF3N2/c1-10(2)21(9-15(17,18)19)13-6-3-11(14(16)7-13)8-20-12-4-5-12/h3,6-7,10,12,20H,4-5,8-9H2,1-2H3. The number of nitrogens with one attached hydrogen (secondary N) is 1. The Morgan fingerprint density at radius 1 is 1.33 bits per heavy atom. The van der Waals surface area contributed by atoms with E-state index in [1.807, 2.05) is 0 Å². The highest BCUT2D eigenvalue weighted by Crippen LogP contribution is 2.29. The Bertz CT molecular complexity index is 484. The monoisotopic (exact) mass is 320 g/mol. The van der Waals surface area contributed by atoms with Crippen LogP contribution in [-0.2, 0) is 6.54 Å². The van der Waals surface area contributed by atoms with Gasteiger partial charge in [-0.1, -0.05) is 17.7 Å². The predicted octanol–water partition coefficient (Wildman–Crippen LogP) is 4.37. The highest BCUT2D eigenvalue weighted by Gasteiger charge is 2.32. The van der Waals surface area contributed by atoms with Crippen molar-refractivity contribution in [2.75, 3.05) is 11.4 Å². The van der Waals surface area contributed by atoms with Crippen LogP contribution in [0.3, 0.4) is 0 Å². The molecule has 1 aliphatic rings. The van der Waals surface area contributed by atoms with Crippen molar-refractivity contribution in [1.29, 1.82) is 0 Å². The molecule has 0 atom stereocenters. The van der Waals surface area contributed by atoms with E-state index < -0.39 is 12.7 Å². The molecule has 1 N–H and O–H groups in total. The van der Waals surface area contributed by atoms with Gasteiger partial charge in [-0.3, -0.25) is 0 Å². The zero-order valence-corrected chi connectivity index (χ0v) is 12.9. The van der Waals surface area contributed by atoms with Crippen LogP contribution in [0.15, 0.2) is 18.2 Å². The molecule has 1 aromatic rings. The van der Waals surface area contributed by atoms with Gasteiger partial charge in [0.25, 0.3) is 0 Å². The largest absolute Gasteiger partial charge is 0.405 e. The van der Waals surface area contributed by atoms with Crippen molar-refractivity contribution in [1.82, 2.24) is 5.32 Å². The third-order valence-corrected chi connectivity index (χ3v) is 3.85. The van der Waals surface area contributed by atoms with E-state index in [2.05, 4.69) is 5.32 Å². The number of alkyl halides is 3. The van der Waals surface area contributed by atoms with Crippen LogP contribution in [0.5, 0.6) is 0 Å². The fourth-order valence-electron chi connectivity index (χ4n) is 2.17.